The lowest BCUT2D eigenvalue weighted by atomic mass is 9.70. The molecule has 1 aliphatic heterocycles. The van der Waals surface area contributed by atoms with Gasteiger partial charge in [-0.1, -0.05) is 30.3 Å². The Balaban J connectivity index is 1.65. The number of Topliss-reactive ketones (excluding diaryl/α,β-unsaturated/α-hetero) is 1. The molecule has 5 rings (SSSR count). The predicted molar refractivity (Wildman–Crippen MR) is 95.2 cm³/mol. The lowest BCUT2D eigenvalue weighted by molar-refractivity contribution is -0.204. The maximum Gasteiger partial charge on any atom is 0.261 e. The van der Waals surface area contributed by atoms with Crippen LogP contribution in [0.3, 0.4) is 0 Å². The molecule has 26 heavy (non-hydrogen) atoms. The Morgan fingerprint density at radius 3 is 2.50 bits per heavy atom. The molecule has 3 aliphatic rings. The Labute approximate surface area is 151 Å². The molecule has 0 saturated heterocycles. The van der Waals surface area contributed by atoms with Crippen LogP contribution in [-0.4, -0.2) is 36.0 Å². The summed E-state index contributed by atoms with van der Waals surface area (Å²) in [6.07, 6.45) is 1.91. The molecule has 5 nitrogen and oxygen atoms in total. The largest absolute Gasteiger partial charge is 0.451 e. The summed E-state index contributed by atoms with van der Waals surface area (Å²) in [6.45, 7) is 0. The molecule has 134 valence electrons. The number of carbonyl (C=O) groups excluding carboxylic acids is 1. The van der Waals surface area contributed by atoms with Crippen LogP contribution in [0.2, 0.25) is 0 Å². The average Bonchev–Trinajstić information content (AvgIpc) is 2.65. The average molecular weight is 352 g/mol. The number of ether oxygens (including phenoxy) is 3. The van der Waals surface area contributed by atoms with Crippen LogP contribution in [0.4, 0.5) is 0 Å². The number of fused-ring (bicyclic) bond motifs is 2. The Kier molecular flexibility index (Phi) is 3.39. The zero-order chi connectivity index (χ0) is 17.9. The van der Waals surface area contributed by atoms with Crippen molar-refractivity contribution in [1.82, 2.24) is 0 Å². The van der Waals surface area contributed by atoms with E-state index in [2.05, 4.69) is 0 Å². The van der Waals surface area contributed by atoms with E-state index in [4.69, 9.17) is 14.2 Å². The highest BCUT2D eigenvalue weighted by Crippen LogP contribution is 2.51. The van der Waals surface area contributed by atoms with Crippen molar-refractivity contribution < 1.29 is 24.1 Å². The van der Waals surface area contributed by atoms with Crippen molar-refractivity contribution in [3.05, 3.63) is 48.0 Å². The highest BCUT2D eigenvalue weighted by molar-refractivity contribution is 5.98. The molecule has 1 saturated carbocycles. The van der Waals surface area contributed by atoms with Crippen molar-refractivity contribution in [3.63, 3.8) is 0 Å². The molecule has 2 aromatic carbocycles. The molecule has 0 aromatic heterocycles. The van der Waals surface area contributed by atoms with Crippen molar-refractivity contribution in [3.8, 4) is 11.5 Å². The van der Waals surface area contributed by atoms with E-state index in [1.807, 2.05) is 42.5 Å². The van der Waals surface area contributed by atoms with Crippen LogP contribution < -0.4 is 9.47 Å². The van der Waals surface area contributed by atoms with E-state index >= 15 is 0 Å². The third-order valence-electron chi connectivity index (χ3n) is 5.79. The van der Waals surface area contributed by atoms with Gasteiger partial charge < -0.3 is 19.3 Å². The topological polar surface area (TPSA) is 65.0 Å². The fraction of sp³-hybridized carbons (Fsp3) is 0.381. The van der Waals surface area contributed by atoms with Gasteiger partial charge in [-0.15, -0.1) is 0 Å². The first-order valence-corrected chi connectivity index (χ1v) is 8.97. The number of carbonyl (C=O) groups is 1. The summed E-state index contributed by atoms with van der Waals surface area (Å²) in [5, 5.41) is 12.9. The van der Waals surface area contributed by atoms with Gasteiger partial charge in [0.1, 0.15) is 11.5 Å². The molecule has 1 spiro atoms. The summed E-state index contributed by atoms with van der Waals surface area (Å²) >= 11 is 0. The molecule has 0 unspecified atom stereocenters. The van der Waals surface area contributed by atoms with Gasteiger partial charge in [0.15, 0.2) is 5.78 Å². The number of ketones is 1. The van der Waals surface area contributed by atoms with Gasteiger partial charge >= 0.3 is 0 Å². The number of rotatable bonds is 1. The van der Waals surface area contributed by atoms with Crippen LogP contribution in [-0.2, 0) is 9.53 Å². The minimum atomic E-state index is -1.10. The van der Waals surface area contributed by atoms with E-state index in [0.717, 1.165) is 22.3 Å². The Morgan fingerprint density at radius 2 is 1.85 bits per heavy atom. The summed E-state index contributed by atoms with van der Waals surface area (Å²) in [7, 11) is 1.52. The maximum atomic E-state index is 12.6. The van der Waals surface area contributed by atoms with Gasteiger partial charge in [-0.3, -0.25) is 4.79 Å². The first-order valence-electron chi connectivity index (χ1n) is 8.97. The zero-order valence-corrected chi connectivity index (χ0v) is 14.5. The summed E-state index contributed by atoms with van der Waals surface area (Å²) in [5.74, 6) is -0.227. The molecule has 0 bridgehead atoms. The van der Waals surface area contributed by atoms with Crippen molar-refractivity contribution in [2.24, 2.45) is 5.92 Å². The Bertz CT molecular complexity index is 890. The van der Waals surface area contributed by atoms with Crippen molar-refractivity contribution in [1.29, 1.82) is 0 Å². The first-order chi connectivity index (χ1) is 12.6. The smallest absolute Gasteiger partial charge is 0.261 e. The van der Waals surface area contributed by atoms with Gasteiger partial charge in [-0.05, 0) is 23.9 Å². The molecule has 5 heteroatoms. The predicted octanol–water partition coefficient (Wildman–Crippen LogP) is 2.99. The summed E-state index contributed by atoms with van der Waals surface area (Å²) in [5.41, 5.74) is 0.601. The zero-order valence-electron chi connectivity index (χ0n) is 14.5. The molecule has 0 amide bonds. The van der Waals surface area contributed by atoms with E-state index < -0.39 is 23.9 Å². The molecule has 1 N–H and O–H groups in total. The highest BCUT2D eigenvalue weighted by Gasteiger charge is 2.57. The number of hydrogen-bond acceptors (Lipinski definition) is 5. The standard InChI is InChI=1S/C21H20O5/c1-24-17-11-14(22)13-7-4-10-21(19(13)20(17)23)25-15-8-2-5-12-6-3-9-16(26-21)18(12)15/h2-3,5-9,17,19-20,23H,4,10-11H2,1H3/t17-,19+,20-/m1/s1. The first kappa shape index (κ1) is 15.9. The lowest BCUT2D eigenvalue weighted by Crippen LogP contribution is -2.61. The lowest BCUT2D eigenvalue weighted by Gasteiger charge is -2.50. The molecular weight excluding hydrogens is 332 g/mol. The summed E-state index contributed by atoms with van der Waals surface area (Å²) in [6, 6.07) is 11.7. The monoisotopic (exact) mass is 352 g/mol. The number of hydrogen-bond donors (Lipinski definition) is 1. The Morgan fingerprint density at radius 1 is 1.15 bits per heavy atom. The molecule has 1 fully saturated rings. The van der Waals surface area contributed by atoms with Crippen LogP contribution >= 0.6 is 0 Å². The number of allylic oxidation sites excluding steroid dienone is 1. The normalized spacial score (nSPS) is 28.9. The fourth-order valence-electron chi connectivity index (χ4n) is 4.60. The van der Waals surface area contributed by atoms with Crippen molar-refractivity contribution in [2.75, 3.05) is 7.11 Å². The molecule has 3 atom stereocenters. The number of aliphatic hydroxyl groups excluding tert-OH is 1. The van der Waals surface area contributed by atoms with Crippen molar-refractivity contribution >= 4 is 16.6 Å². The van der Waals surface area contributed by atoms with Crippen LogP contribution in [0, 0.1) is 5.92 Å². The molecule has 1 heterocycles. The van der Waals surface area contributed by atoms with E-state index in [0.29, 0.717) is 18.4 Å². The SMILES string of the molecule is CO[C@@H]1CC(=O)C2=CCCC3(Oc4cccc5cccc(c45)O3)[C@@H]2[C@@H]1O. The van der Waals surface area contributed by atoms with E-state index in [1.54, 1.807) is 0 Å². The quantitative estimate of drug-likeness (QED) is 0.855. The highest BCUT2D eigenvalue weighted by atomic mass is 16.7. The van der Waals surface area contributed by atoms with Crippen LogP contribution in [0.1, 0.15) is 19.3 Å². The third kappa shape index (κ3) is 2.07. The second-order valence-corrected chi connectivity index (χ2v) is 7.19. The molecule has 2 aromatic rings. The minimum absolute atomic E-state index is 0.00417. The van der Waals surface area contributed by atoms with E-state index in [-0.39, 0.29) is 12.2 Å². The van der Waals surface area contributed by atoms with Gasteiger partial charge in [0, 0.05) is 25.5 Å². The number of methoxy groups -OCH3 is 1. The van der Waals surface area contributed by atoms with Gasteiger partial charge in [0.2, 0.25) is 0 Å². The van der Waals surface area contributed by atoms with Crippen molar-refractivity contribution in [2.45, 2.75) is 37.3 Å². The second-order valence-electron chi connectivity index (χ2n) is 7.19. The number of benzene rings is 2. The van der Waals surface area contributed by atoms with Gasteiger partial charge in [0.25, 0.3) is 5.79 Å². The van der Waals surface area contributed by atoms with Crippen LogP contribution in [0.15, 0.2) is 48.0 Å². The molecular formula is C21H20O5. The van der Waals surface area contributed by atoms with Gasteiger partial charge in [-0.2, -0.15) is 0 Å². The number of aliphatic hydroxyl groups is 1. The Hall–Kier alpha value is -2.37. The minimum Gasteiger partial charge on any atom is -0.451 e. The fourth-order valence-corrected chi connectivity index (χ4v) is 4.60. The van der Waals surface area contributed by atoms with E-state index in [1.165, 1.54) is 7.11 Å². The van der Waals surface area contributed by atoms with Gasteiger partial charge in [0.05, 0.1) is 23.5 Å². The van der Waals surface area contributed by atoms with Crippen LogP contribution in [0.5, 0.6) is 11.5 Å². The summed E-state index contributed by atoms with van der Waals surface area (Å²) < 4.78 is 18.1. The second kappa shape index (κ2) is 5.56. The maximum absolute atomic E-state index is 12.6. The summed E-state index contributed by atoms with van der Waals surface area (Å²) in [4.78, 5) is 12.6. The third-order valence-corrected chi connectivity index (χ3v) is 5.79. The molecule has 0 radical (unpaired) electrons. The molecule has 2 aliphatic carbocycles. The van der Waals surface area contributed by atoms with Gasteiger partial charge in [-0.25, -0.2) is 0 Å². The van der Waals surface area contributed by atoms with E-state index in [9.17, 15) is 9.90 Å². The van der Waals surface area contributed by atoms with Crippen LogP contribution in [0.25, 0.3) is 10.8 Å².